The molecule has 1 fully saturated rings. The number of rotatable bonds is 3. The van der Waals surface area contributed by atoms with Gasteiger partial charge in [-0.2, -0.15) is 0 Å². The fraction of sp³-hybridized carbons (Fsp3) is 0.636. The molecular formula is C11H15BrClN3O. The molecule has 1 aliphatic rings. The Morgan fingerprint density at radius 3 is 2.71 bits per heavy atom. The van der Waals surface area contributed by atoms with Gasteiger partial charge in [-0.3, -0.25) is 9.36 Å². The summed E-state index contributed by atoms with van der Waals surface area (Å²) in [4.78, 5) is 18.2. The van der Waals surface area contributed by atoms with Gasteiger partial charge in [0, 0.05) is 13.1 Å². The summed E-state index contributed by atoms with van der Waals surface area (Å²) in [6, 6.07) is 0. The number of nitrogens with zero attached hydrogens (tertiary/aromatic N) is 3. The summed E-state index contributed by atoms with van der Waals surface area (Å²) in [5, 5.41) is 0.226. The zero-order valence-electron chi connectivity index (χ0n) is 9.53. The van der Waals surface area contributed by atoms with Crippen molar-refractivity contribution >= 4 is 27.5 Å². The predicted molar refractivity (Wildman–Crippen MR) is 71.5 cm³/mol. The number of likely N-dealkylation sites (tertiary alicyclic amines) is 1. The van der Waals surface area contributed by atoms with Crippen LogP contribution in [0.15, 0.2) is 15.6 Å². The Hall–Kier alpha value is -0.390. The lowest BCUT2D eigenvalue weighted by atomic mass is 10.1. The summed E-state index contributed by atoms with van der Waals surface area (Å²) in [6.07, 6.45) is 5.36. The second-order valence-electron chi connectivity index (χ2n) is 4.25. The molecule has 1 saturated heterocycles. The summed E-state index contributed by atoms with van der Waals surface area (Å²) in [5.74, 6) is 0. The second-order valence-corrected chi connectivity index (χ2v) is 5.40. The van der Waals surface area contributed by atoms with Crippen molar-refractivity contribution in [1.82, 2.24) is 14.5 Å². The maximum Gasteiger partial charge on any atom is 0.269 e. The SMILES string of the molecule is O=c1c(Br)c(Cl)ncn1CCN1CCCCC1. The van der Waals surface area contributed by atoms with Crippen molar-refractivity contribution in [3.05, 3.63) is 26.3 Å². The maximum atomic E-state index is 11.8. The Morgan fingerprint density at radius 2 is 2.00 bits per heavy atom. The minimum atomic E-state index is -0.109. The molecule has 0 bridgehead atoms. The smallest absolute Gasteiger partial charge is 0.269 e. The van der Waals surface area contributed by atoms with Crippen LogP contribution < -0.4 is 5.56 Å². The quantitative estimate of drug-likeness (QED) is 0.801. The van der Waals surface area contributed by atoms with E-state index in [2.05, 4.69) is 25.8 Å². The maximum absolute atomic E-state index is 11.8. The lowest BCUT2D eigenvalue weighted by Gasteiger charge is -2.26. The third-order valence-corrected chi connectivity index (χ3v) is 4.28. The number of hydrogen-bond acceptors (Lipinski definition) is 3. The molecule has 1 aliphatic heterocycles. The van der Waals surface area contributed by atoms with Crippen LogP contribution in [0.5, 0.6) is 0 Å². The monoisotopic (exact) mass is 319 g/mol. The molecule has 0 unspecified atom stereocenters. The van der Waals surface area contributed by atoms with Gasteiger partial charge in [0.15, 0.2) is 5.15 Å². The first kappa shape index (κ1) is 13.1. The van der Waals surface area contributed by atoms with E-state index >= 15 is 0 Å². The van der Waals surface area contributed by atoms with E-state index in [9.17, 15) is 4.79 Å². The molecule has 0 amide bonds. The van der Waals surface area contributed by atoms with Crippen molar-refractivity contribution in [3.63, 3.8) is 0 Å². The van der Waals surface area contributed by atoms with Gasteiger partial charge in [-0.1, -0.05) is 18.0 Å². The highest BCUT2D eigenvalue weighted by atomic mass is 79.9. The van der Waals surface area contributed by atoms with Crippen molar-refractivity contribution in [2.24, 2.45) is 0 Å². The molecule has 1 aromatic rings. The minimum absolute atomic E-state index is 0.109. The summed E-state index contributed by atoms with van der Waals surface area (Å²) in [7, 11) is 0. The van der Waals surface area contributed by atoms with Crippen LogP contribution in [0, 0.1) is 0 Å². The van der Waals surface area contributed by atoms with Crippen molar-refractivity contribution < 1.29 is 0 Å². The van der Waals surface area contributed by atoms with Gasteiger partial charge in [0.25, 0.3) is 5.56 Å². The van der Waals surface area contributed by atoms with Crippen LogP contribution in [0.3, 0.4) is 0 Å². The Morgan fingerprint density at radius 1 is 1.29 bits per heavy atom. The number of hydrogen-bond donors (Lipinski definition) is 0. The van der Waals surface area contributed by atoms with E-state index in [4.69, 9.17) is 11.6 Å². The first-order valence-corrected chi connectivity index (χ1v) is 6.98. The van der Waals surface area contributed by atoms with E-state index in [1.165, 1.54) is 25.6 Å². The van der Waals surface area contributed by atoms with Crippen molar-refractivity contribution in [3.8, 4) is 0 Å². The highest BCUT2D eigenvalue weighted by molar-refractivity contribution is 9.10. The van der Waals surface area contributed by atoms with Crippen LogP contribution >= 0.6 is 27.5 Å². The van der Waals surface area contributed by atoms with E-state index in [0.29, 0.717) is 11.0 Å². The molecule has 0 aromatic carbocycles. The van der Waals surface area contributed by atoms with Crippen molar-refractivity contribution in [2.45, 2.75) is 25.8 Å². The van der Waals surface area contributed by atoms with Crippen molar-refractivity contribution in [2.75, 3.05) is 19.6 Å². The summed E-state index contributed by atoms with van der Waals surface area (Å²) < 4.78 is 1.95. The Bertz CT molecular complexity index is 443. The van der Waals surface area contributed by atoms with Crippen LogP contribution in [0.25, 0.3) is 0 Å². The molecular weight excluding hydrogens is 305 g/mol. The molecule has 6 heteroatoms. The van der Waals surface area contributed by atoms with Crippen LogP contribution in [0.1, 0.15) is 19.3 Å². The minimum Gasteiger partial charge on any atom is -0.302 e. The fourth-order valence-electron chi connectivity index (χ4n) is 2.04. The van der Waals surface area contributed by atoms with Gasteiger partial charge in [0.2, 0.25) is 0 Å². The highest BCUT2D eigenvalue weighted by Crippen LogP contribution is 2.13. The van der Waals surface area contributed by atoms with Gasteiger partial charge >= 0.3 is 0 Å². The molecule has 0 N–H and O–H groups in total. The molecule has 0 spiro atoms. The molecule has 0 radical (unpaired) electrons. The molecule has 2 rings (SSSR count). The Balaban J connectivity index is 1.99. The largest absolute Gasteiger partial charge is 0.302 e. The van der Waals surface area contributed by atoms with E-state index in [1.807, 2.05) is 0 Å². The standard InChI is InChI=1S/C11H15BrClN3O/c12-9-10(13)14-8-16(11(9)17)7-6-15-4-2-1-3-5-15/h8H,1-7H2. The Kier molecular flexibility index (Phi) is 4.59. The molecule has 2 heterocycles. The Labute approximate surface area is 114 Å². The number of piperidine rings is 1. The van der Waals surface area contributed by atoms with Crippen LogP contribution in [-0.2, 0) is 6.54 Å². The molecule has 17 heavy (non-hydrogen) atoms. The van der Waals surface area contributed by atoms with Crippen molar-refractivity contribution in [1.29, 1.82) is 0 Å². The second kappa shape index (κ2) is 5.98. The van der Waals surface area contributed by atoms with Gasteiger partial charge in [-0.05, 0) is 41.9 Å². The highest BCUT2D eigenvalue weighted by Gasteiger charge is 2.11. The predicted octanol–water partition coefficient (Wildman–Crippen LogP) is 2.15. The van der Waals surface area contributed by atoms with Gasteiger partial charge < -0.3 is 4.90 Å². The normalized spacial score (nSPS) is 17.3. The fourth-order valence-corrected chi connectivity index (χ4v) is 2.49. The third-order valence-electron chi connectivity index (χ3n) is 3.05. The van der Waals surface area contributed by atoms with E-state index in [0.717, 1.165) is 19.6 Å². The average Bonchev–Trinajstić information content (AvgIpc) is 2.36. The topological polar surface area (TPSA) is 38.1 Å². The molecule has 0 atom stereocenters. The average molecular weight is 321 g/mol. The first-order chi connectivity index (χ1) is 8.18. The lowest BCUT2D eigenvalue weighted by molar-refractivity contribution is 0.219. The van der Waals surface area contributed by atoms with Gasteiger partial charge in [-0.15, -0.1) is 0 Å². The molecule has 0 saturated carbocycles. The van der Waals surface area contributed by atoms with Gasteiger partial charge in [-0.25, -0.2) is 4.98 Å². The molecule has 4 nitrogen and oxygen atoms in total. The molecule has 0 aliphatic carbocycles. The van der Waals surface area contributed by atoms with Crippen LogP contribution in [-0.4, -0.2) is 34.1 Å². The summed E-state index contributed by atoms with van der Waals surface area (Å²) >= 11 is 8.91. The van der Waals surface area contributed by atoms with Gasteiger partial charge in [0.1, 0.15) is 4.47 Å². The van der Waals surface area contributed by atoms with E-state index in [1.54, 1.807) is 4.57 Å². The summed E-state index contributed by atoms with van der Waals surface area (Å²) in [6.45, 7) is 3.84. The zero-order valence-corrected chi connectivity index (χ0v) is 11.9. The first-order valence-electron chi connectivity index (χ1n) is 5.81. The zero-order chi connectivity index (χ0) is 12.3. The van der Waals surface area contributed by atoms with Crippen LogP contribution in [0.4, 0.5) is 0 Å². The summed E-state index contributed by atoms with van der Waals surface area (Å²) in [5.41, 5.74) is -0.109. The van der Waals surface area contributed by atoms with Crippen LogP contribution in [0.2, 0.25) is 5.15 Å². The van der Waals surface area contributed by atoms with E-state index in [-0.39, 0.29) is 10.7 Å². The molecule has 1 aromatic heterocycles. The van der Waals surface area contributed by atoms with E-state index < -0.39 is 0 Å². The molecule has 94 valence electrons. The number of halogens is 2. The third kappa shape index (κ3) is 3.30. The number of aromatic nitrogens is 2. The lowest BCUT2D eigenvalue weighted by Crippen LogP contribution is -2.34. The van der Waals surface area contributed by atoms with Gasteiger partial charge in [0.05, 0.1) is 6.33 Å².